The van der Waals surface area contributed by atoms with E-state index in [1.54, 1.807) is 10.9 Å². The van der Waals surface area contributed by atoms with E-state index in [0.717, 1.165) is 23.0 Å². The van der Waals surface area contributed by atoms with Gasteiger partial charge in [0.1, 0.15) is 0 Å². The maximum absolute atomic E-state index is 12.6. The zero-order valence-corrected chi connectivity index (χ0v) is 17.8. The van der Waals surface area contributed by atoms with E-state index in [9.17, 15) is 4.79 Å². The lowest BCUT2D eigenvalue weighted by molar-refractivity contribution is 0.0928. The molecule has 0 aliphatic rings. The van der Waals surface area contributed by atoms with Gasteiger partial charge in [0.2, 0.25) is 0 Å². The van der Waals surface area contributed by atoms with Crippen molar-refractivity contribution in [3.63, 3.8) is 0 Å². The van der Waals surface area contributed by atoms with Crippen molar-refractivity contribution in [2.75, 3.05) is 6.54 Å². The van der Waals surface area contributed by atoms with Crippen molar-refractivity contribution in [3.8, 4) is 5.69 Å². The van der Waals surface area contributed by atoms with Crippen LogP contribution in [0.2, 0.25) is 0 Å². The van der Waals surface area contributed by atoms with Crippen LogP contribution < -0.4 is 11.1 Å². The van der Waals surface area contributed by atoms with Gasteiger partial charge in [-0.25, -0.2) is 4.68 Å². The first kappa shape index (κ1) is 23.8. The van der Waals surface area contributed by atoms with Crippen molar-refractivity contribution >= 4 is 41.6 Å². The molecule has 7 nitrogen and oxygen atoms in total. The average Bonchev–Trinajstić information content (AvgIpc) is 3.01. The Morgan fingerprint density at radius 2 is 1.93 bits per heavy atom. The molecule has 1 atom stereocenters. The number of amides is 1. The van der Waals surface area contributed by atoms with Crippen LogP contribution in [0.15, 0.2) is 36.5 Å². The number of hydrogen-bond acceptors (Lipinski definition) is 5. The van der Waals surface area contributed by atoms with Gasteiger partial charge in [-0.05, 0) is 31.4 Å². The number of nitrogens with zero attached hydrogens (tertiary/aromatic N) is 4. The van der Waals surface area contributed by atoms with Gasteiger partial charge in [0, 0.05) is 24.2 Å². The molecule has 3 N–H and O–H groups in total. The molecule has 1 amide bonds. The summed E-state index contributed by atoms with van der Waals surface area (Å²) >= 11 is 0. The lowest BCUT2D eigenvalue weighted by Gasteiger charge is -2.18. The molecule has 0 spiro atoms. The van der Waals surface area contributed by atoms with Gasteiger partial charge in [-0.1, -0.05) is 37.3 Å². The van der Waals surface area contributed by atoms with Crippen LogP contribution in [0.3, 0.4) is 0 Å². The zero-order chi connectivity index (χ0) is 18.7. The Bertz CT molecular complexity index is 922. The fourth-order valence-electron chi connectivity index (χ4n) is 3.06. The third-order valence-electron chi connectivity index (χ3n) is 4.32. The molecular weight excluding hydrogens is 399 g/mol. The minimum Gasteiger partial charge on any atom is -0.347 e. The number of hydrogen-bond donors (Lipinski definition) is 2. The Labute approximate surface area is 176 Å². The summed E-state index contributed by atoms with van der Waals surface area (Å²) in [5, 5.41) is 12.3. The predicted molar refractivity (Wildman–Crippen MR) is 116 cm³/mol. The standard InChI is InChI=1S/C19H24N6O.2ClH/c1-12(2)10-15(11-20)22-19(26)17-13(3)25(24-23-17)16-8-4-6-14-7-5-9-21-18(14)16;;/h4-9,12,15H,10-11,20H2,1-3H3,(H,22,26);2*1H. The summed E-state index contributed by atoms with van der Waals surface area (Å²) in [7, 11) is 0. The second-order valence-electron chi connectivity index (χ2n) is 6.82. The number of carbonyl (C=O) groups is 1. The lowest BCUT2D eigenvalue weighted by atomic mass is 10.0. The van der Waals surface area contributed by atoms with Crippen LogP contribution in [0.5, 0.6) is 0 Å². The molecule has 0 saturated heterocycles. The highest BCUT2D eigenvalue weighted by Gasteiger charge is 2.21. The summed E-state index contributed by atoms with van der Waals surface area (Å²) in [6.07, 6.45) is 2.56. The van der Waals surface area contributed by atoms with Crippen LogP contribution in [0.25, 0.3) is 16.6 Å². The van der Waals surface area contributed by atoms with Crippen molar-refractivity contribution in [2.45, 2.75) is 33.2 Å². The maximum atomic E-state index is 12.6. The molecule has 0 aliphatic carbocycles. The van der Waals surface area contributed by atoms with Crippen molar-refractivity contribution in [2.24, 2.45) is 11.7 Å². The first-order valence-electron chi connectivity index (χ1n) is 8.78. The second kappa shape index (κ2) is 10.4. The highest BCUT2D eigenvalue weighted by atomic mass is 35.5. The minimum atomic E-state index is -0.252. The topological polar surface area (TPSA) is 98.7 Å². The fourth-order valence-corrected chi connectivity index (χ4v) is 3.06. The number of halogens is 2. The van der Waals surface area contributed by atoms with Gasteiger partial charge in [-0.3, -0.25) is 9.78 Å². The molecule has 0 saturated carbocycles. The average molecular weight is 425 g/mol. The van der Waals surface area contributed by atoms with Crippen molar-refractivity contribution < 1.29 is 4.79 Å². The molecule has 3 rings (SSSR count). The number of pyridine rings is 1. The normalized spacial score (nSPS) is 11.6. The molecule has 1 unspecified atom stereocenters. The molecule has 9 heteroatoms. The molecular formula is C19H26Cl2N6O. The van der Waals surface area contributed by atoms with E-state index in [1.165, 1.54) is 0 Å². The Morgan fingerprint density at radius 3 is 2.61 bits per heavy atom. The smallest absolute Gasteiger partial charge is 0.274 e. The van der Waals surface area contributed by atoms with Crippen molar-refractivity contribution in [3.05, 3.63) is 47.9 Å². The van der Waals surface area contributed by atoms with Gasteiger partial charge in [0.25, 0.3) is 5.91 Å². The Morgan fingerprint density at radius 1 is 1.21 bits per heavy atom. The molecule has 1 aromatic carbocycles. The molecule has 0 bridgehead atoms. The molecule has 0 fully saturated rings. The summed E-state index contributed by atoms with van der Waals surface area (Å²) in [6, 6.07) is 9.65. The van der Waals surface area contributed by atoms with Crippen LogP contribution in [-0.2, 0) is 0 Å². The van der Waals surface area contributed by atoms with Crippen LogP contribution in [0, 0.1) is 12.8 Å². The summed E-state index contributed by atoms with van der Waals surface area (Å²) in [5.41, 5.74) is 8.36. The van der Waals surface area contributed by atoms with E-state index in [1.807, 2.05) is 37.3 Å². The number of para-hydroxylation sites is 1. The maximum Gasteiger partial charge on any atom is 0.274 e. The van der Waals surface area contributed by atoms with Crippen LogP contribution >= 0.6 is 24.8 Å². The number of nitrogens with two attached hydrogens (primary N) is 1. The van der Waals surface area contributed by atoms with E-state index in [2.05, 4.69) is 34.5 Å². The minimum absolute atomic E-state index is 0. The van der Waals surface area contributed by atoms with Gasteiger partial charge < -0.3 is 11.1 Å². The Hall–Kier alpha value is -2.22. The number of benzene rings is 1. The number of rotatable bonds is 6. The summed E-state index contributed by atoms with van der Waals surface area (Å²) in [6.45, 7) is 6.43. The summed E-state index contributed by atoms with van der Waals surface area (Å²) in [5.74, 6) is 0.195. The van der Waals surface area contributed by atoms with Gasteiger partial charge in [0.15, 0.2) is 5.69 Å². The molecule has 0 aliphatic heterocycles. The highest BCUT2D eigenvalue weighted by Crippen LogP contribution is 2.21. The molecule has 28 heavy (non-hydrogen) atoms. The number of fused-ring (bicyclic) bond motifs is 1. The van der Waals surface area contributed by atoms with E-state index >= 15 is 0 Å². The lowest BCUT2D eigenvalue weighted by Crippen LogP contribution is -2.41. The zero-order valence-electron chi connectivity index (χ0n) is 16.1. The van der Waals surface area contributed by atoms with Gasteiger partial charge >= 0.3 is 0 Å². The van der Waals surface area contributed by atoms with E-state index in [0.29, 0.717) is 23.9 Å². The van der Waals surface area contributed by atoms with Gasteiger partial charge in [-0.15, -0.1) is 29.9 Å². The van der Waals surface area contributed by atoms with Crippen LogP contribution in [0.4, 0.5) is 0 Å². The SMILES string of the molecule is Cc1c(C(=O)NC(CN)CC(C)C)nnn1-c1cccc2cccnc12.Cl.Cl. The second-order valence-corrected chi connectivity index (χ2v) is 6.82. The summed E-state index contributed by atoms with van der Waals surface area (Å²) in [4.78, 5) is 17.1. The molecule has 152 valence electrons. The first-order valence-corrected chi connectivity index (χ1v) is 8.78. The van der Waals surface area contributed by atoms with Crippen LogP contribution in [-0.4, -0.2) is 38.5 Å². The fraction of sp³-hybridized carbons (Fsp3) is 0.368. The van der Waals surface area contributed by atoms with E-state index in [-0.39, 0.29) is 36.8 Å². The van der Waals surface area contributed by atoms with Crippen LogP contribution in [0.1, 0.15) is 36.5 Å². The van der Waals surface area contributed by atoms with Crippen molar-refractivity contribution in [1.82, 2.24) is 25.3 Å². The molecule has 2 aromatic heterocycles. The number of carbonyl (C=O) groups excluding carboxylic acids is 1. The highest BCUT2D eigenvalue weighted by molar-refractivity contribution is 5.94. The third kappa shape index (κ3) is 4.98. The van der Waals surface area contributed by atoms with Gasteiger partial charge in [-0.2, -0.15) is 0 Å². The van der Waals surface area contributed by atoms with E-state index in [4.69, 9.17) is 5.73 Å². The van der Waals surface area contributed by atoms with Gasteiger partial charge in [0.05, 0.1) is 16.9 Å². The summed E-state index contributed by atoms with van der Waals surface area (Å²) < 4.78 is 1.66. The molecule has 2 heterocycles. The Kier molecular flexibility index (Phi) is 8.81. The van der Waals surface area contributed by atoms with Crippen molar-refractivity contribution in [1.29, 1.82) is 0 Å². The first-order chi connectivity index (χ1) is 12.5. The number of nitrogens with one attached hydrogen (secondary N) is 1. The Balaban J connectivity index is 0.00000196. The predicted octanol–water partition coefficient (Wildman–Crippen LogP) is 3.07. The molecule has 0 radical (unpaired) electrons. The van der Waals surface area contributed by atoms with E-state index < -0.39 is 0 Å². The molecule has 3 aromatic rings. The largest absolute Gasteiger partial charge is 0.347 e. The number of aromatic nitrogens is 4. The quantitative estimate of drug-likeness (QED) is 0.633. The third-order valence-corrected chi connectivity index (χ3v) is 4.32. The monoisotopic (exact) mass is 424 g/mol.